The van der Waals surface area contributed by atoms with Crippen LogP contribution in [0.25, 0.3) is 0 Å². The predicted molar refractivity (Wildman–Crippen MR) is 117 cm³/mol. The third-order valence-corrected chi connectivity index (χ3v) is 5.19. The van der Waals surface area contributed by atoms with E-state index in [0.717, 1.165) is 5.56 Å². The van der Waals surface area contributed by atoms with Crippen LogP contribution in [0.15, 0.2) is 48.5 Å². The van der Waals surface area contributed by atoms with Gasteiger partial charge in [0, 0.05) is 37.3 Å². The molecule has 8 heteroatoms. The summed E-state index contributed by atoms with van der Waals surface area (Å²) in [4.78, 5) is 52.8. The van der Waals surface area contributed by atoms with E-state index in [0.29, 0.717) is 38.3 Å². The number of nitrogens with zero attached hydrogens (tertiary/aromatic N) is 2. The van der Waals surface area contributed by atoms with Crippen molar-refractivity contribution in [1.29, 1.82) is 0 Å². The molecule has 2 aromatic rings. The largest absolute Gasteiger partial charge is 0.452 e. The first-order chi connectivity index (χ1) is 15.4. The highest BCUT2D eigenvalue weighted by atomic mass is 16.6. The van der Waals surface area contributed by atoms with Gasteiger partial charge in [0.1, 0.15) is 0 Å². The molecule has 3 rings (SSSR count). The van der Waals surface area contributed by atoms with Gasteiger partial charge in [0.15, 0.2) is 12.4 Å². The molecule has 0 radical (unpaired) electrons. The summed E-state index contributed by atoms with van der Waals surface area (Å²) >= 11 is 0. The minimum Gasteiger partial charge on any atom is -0.452 e. The summed E-state index contributed by atoms with van der Waals surface area (Å²) < 4.78 is 10.2. The van der Waals surface area contributed by atoms with Crippen molar-refractivity contribution < 1.29 is 28.7 Å². The average Bonchev–Trinajstić information content (AvgIpc) is 2.82. The predicted octanol–water partition coefficient (Wildman–Crippen LogP) is 2.68. The standard InChI is InChI=1S/C24H26N2O6/c1-3-31-24(30)26-14-12-25(13-15-26)21(27)16-32-23(29)20-7-5-4-6-19(20)22(28)18-10-8-17(2)9-11-18/h4-11H,3,12-16H2,1-2H3. The number of esters is 1. The van der Waals surface area contributed by atoms with Gasteiger partial charge in [-0.15, -0.1) is 0 Å². The molecule has 0 atom stereocenters. The summed E-state index contributed by atoms with van der Waals surface area (Å²) in [7, 11) is 0. The van der Waals surface area contributed by atoms with Gasteiger partial charge in [-0.2, -0.15) is 0 Å². The SMILES string of the molecule is CCOC(=O)N1CCN(C(=O)COC(=O)c2ccccc2C(=O)c2ccc(C)cc2)CC1. The van der Waals surface area contributed by atoms with Crippen LogP contribution in [0.4, 0.5) is 4.79 Å². The van der Waals surface area contributed by atoms with Gasteiger partial charge >= 0.3 is 12.1 Å². The molecule has 8 nitrogen and oxygen atoms in total. The number of benzene rings is 2. The number of aryl methyl sites for hydroxylation is 1. The van der Waals surface area contributed by atoms with E-state index in [1.807, 2.05) is 19.1 Å². The first-order valence-corrected chi connectivity index (χ1v) is 10.5. The van der Waals surface area contributed by atoms with Crippen LogP contribution in [-0.2, 0) is 14.3 Å². The first kappa shape index (κ1) is 23.0. The van der Waals surface area contributed by atoms with Gasteiger partial charge < -0.3 is 19.3 Å². The fourth-order valence-electron chi connectivity index (χ4n) is 3.37. The third kappa shape index (κ3) is 5.51. The van der Waals surface area contributed by atoms with Crippen LogP contribution in [0.3, 0.4) is 0 Å². The maximum Gasteiger partial charge on any atom is 0.409 e. The summed E-state index contributed by atoms with van der Waals surface area (Å²) in [6.45, 7) is 4.88. The molecule has 1 heterocycles. The summed E-state index contributed by atoms with van der Waals surface area (Å²) in [5.74, 6) is -1.39. The number of ketones is 1. The lowest BCUT2D eigenvalue weighted by molar-refractivity contribution is -0.136. The van der Waals surface area contributed by atoms with Gasteiger partial charge in [0.2, 0.25) is 0 Å². The smallest absolute Gasteiger partial charge is 0.409 e. The second kappa shape index (κ2) is 10.6. The van der Waals surface area contributed by atoms with Crippen molar-refractivity contribution in [2.45, 2.75) is 13.8 Å². The fourth-order valence-corrected chi connectivity index (χ4v) is 3.37. The highest BCUT2D eigenvalue weighted by Gasteiger charge is 2.26. The maximum atomic E-state index is 12.9. The zero-order valence-electron chi connectivity index (χ0n) is 18.2. The Morgan fingerprint density at radius 3 is 2.03 bits per heavy atom. The van der Waals surface area contributed by atoms with Crippen LogP contribution in [0.5, 0.6) is 0 Å². The zero-order chi connectivity index (χ0) is 23.1. The van der Waals surface area contributed by atoms with Crippen LogP contribution in [-0.4, -0.2) is 72.9 Å². The summed E-state index contributed by atoms with van der Waals surface area (Å²) in [5, 5.41) is 0. The Morgan fingerprint density at radius 1 is 0.812 bits per heavy atom. The van der Waals surface area contributed by atoms with E-state index in [-0.39, 0.29) is 22.8 Å². The van der Waals surface area contributed by atoms with Gasteiger partial charge in [-0.1, -0.05) is 48.0 Å². The van der Waals surface area contributed by atoms with E-state index in [9.17, 15) is 19.2 Å². The topological polar surface area (TPSA) is 93.2 Å². The molecule has 0 aromatic heterocycles. The molecule has 1 aliphatic rings. The minimum atomic E-state index is -0.737. The van der Waals surface area contributed by atoms with Gasteiger partial charge in [-0.25, -0.2) is 9.59 Å². The third-order valence-electron chi connectivity index (χ3n) is 5.19. The van der Waals surface area contributed by atoms with Crippen molar-refractivity contribution in [2.24, 2.45) is 0 Å². The molecule has 2 aromatic carbocycles. The van der Waals surface area contributed by atoms with E-state index in [1.54, 1.807) is 37.3 Å². The Hall–Kier alpha value is -3.68. The van der Waals surface area contributed by atoms with E-state index in [1.165, 1.54) is 15.9 Å². The quantitative estimate of drug-likeness (QED) is 0.509. The average molecular weight is 438 g/mol. The summed E-state index contributed by atoms with van der Waals surface area (Å²) in [5.41, 5.74) is 1.82. The Kier molecular flexibility index (Phi) is 7.59. The Bertz CT molecular complexity index is 994. The summed E-state index contributed by atoms with van der Waals surface area (Å²) in [6, 6.07) is 13.5. The molecule has 0 bridgehead atoms. The molecule has 0 unspecified atom stereocenters. The Balaban J connectivity index is 1.59. The summed E-state index contributed by atoms with van der Waals surface area (Å²) in [6.07, 6.45) is -0.402. The highest BCUT2D eigenvalue weighted by Crippen LogP contribution is 2.17. The maximum absolute atomic E-state index is 12.9. The van der Waals surface area contributed by atoms with Gasteiger partial charge in [0.25, 0.3) is 5.91 Å². The highest BCUT2D eigenvalue weighted by molar-refractivity contribution is 6.14. The van der Waals surface area contributed by atoms with Crippen LogP contribution in [0, 0.1) is 6.92 Å². The molecule has 0 spiro atoms. The van der Waals surface area contributed by atoms with E-state index >= 15 is 0 Å². The molecule has 0 saturated carbocycles. The fraction of sp³-hybridized carbons (Fsp3) is 0.333. The van der Waals surface area contributed by atoms with Crippen LogP contribution >= 0.6 is 0 Å². The van der Waals surface area contributed by atoms with Crippen LogP contribution in [0.2, 0.25) is 0 Å². The number of piperazine rings is 1. The molecule has 1 aliphatic heterocycles. The Labute approximate surface area is 186 Å². The molecular weight excluding hydrogens is 412 g/mol. The van der Waals surface area contributed by atoms with Crippen molar-refractivity contribution in [1.82, 2.24) is 9.80 Å². The lowest BCUT2D eigenvalue weighted by atomic mass is 9.98. The molecule has 2 amide bonds. The van der Waals surface area contributed by atoms with E-state index < -0.39 is 18.7 Å². The zero-order valence-corrected chi connectivity index (χ0v) is 18.2. The van der Waals surface area contributed by atoms with Crippen molar-refractivity contribution in [2.75, 3.05) is 39.4 Å². The van der Waals surface area contributed by atoms with Crippen LogP contribution < -0.4 is 0 Å². The van der Waals surface area contributed by atoms with E-state index in [4.69, 9.17) is 9.47 Å². The molecule has 1 saturated heterocycles. The van der Waals surface area contributed by atoms with Crippen molar-refractivity contribution >= 4 is 23.8 Å². The second-order valence-corrected chi connectivity index (χ2v) is 7.38. The lowest BCUT2D eigenvalue weighted by Crippen LogP contribution is -2.51. The number of rotatable bonds is 6. The van der Waals surface area contributed by atoms with Crippen molar-refractivity contribution in [3.05, 3.63) is 70.8 Å². The van der Waals surface area contributed by atoms with Gasteiger partial charge in [-0.05, 0) is 19.9 Å². The molecule has 168 valence electrons. The number of hydrogen-bond acceptors (Lipinski definition) is 6. The minimum absolute atomic E-state index is 0.109. The number of carbonyl (C=O) groups is 4. The second-order valence-electron chi connectivity index (χ2n) is 7.38. The Morgan fingerprint density at radius 2 is 1.41 bits per heavy atom. The normalized spacial score (nSPS) is 13.4. The van der Waals surface area contributed by atoms with Gasteiger partial charge in [-0.3, -0.25) is 9.59 Å². The number of carbonyl (C=O) groups excluding carboxylic acids is 4. The number of ether oxygens (including phenoxy) is 2. The molecule has 32 heavy (non-hydrogen) atoms. The monoisotopic (exact) mass is 438 g/mol. The first-order valence-electron chi connectivity index (χ1n) is 10.5. The molecular formula is C24H26N2O6. The van der Waals surface area contributed by atoms with Crippen molar-refractivity contribution in [3.8, 4) is 0 Å². The number of hydrogen-bond donors (Lipinski definition) is 0. The lowest BCUT2D eigenvalue weighted by Gasteiger charge is -2.33. The molecule has 0 aliphatic carbocycles. The van der Waals surface area contributed by atoms with Gasteiger partial charge in [0.05, 0.1) is 12.2 Å². The molecule has 0 N–H and O–H groups in total. The van der Waals surface area contributed by atoms with E-state index in [2.05, 4.69) is 0 Å². The van der Waals surface area contributed by atoms with Crippen molar-refractivity contribution in [3.63, 3.8) is 0 Å². The number of amides is 2. The molecule has 1 fully saturated rings. The van der Waals surface area contributed by atoms with Crippen LogP contribution in [0.1, 0.15) is 38.8 Å².